The summed E-state index contributed by atoms with van der Waals surface area (Å²) in [6.45, 7) is 2.05. The Bertz CT molecular complexity index is 151. The van der Waals surface area contributed by atoms with Gasteiger partial charge in [-0.15, -0.1) is 0 Å². The largest absolute Gasteiger partial charge is 0.329 e. The Hall–Kier alpha value is -0.0800. The van der Waals surface area contributed by atoms with Crippen molar-refractivity contribution in [1.82, 2.24) is 5.32 Å². The second-order valence-corrected chi connectivity index (χ2v) is 4.91. The van der Waals surface area contributed by atoms with E-state index in [0.717, 1.165) is 6.54 Å². The molecule has 1 aliphatic heterocycles. The monoisotopic (exact) mass is 182 g/mol. The predicted octanol–water partition coefficient (Wildman–Crippen LogP) is 1.65. The third kappa shape index (κ3) is 2.05. The number of hydrogen-bond acceptors (Lipinski definition) is 2. The van der Waals surface area contributed by atoms with E-state index in [1.54, 1.807) is 0 Å². The maximum Gasteiger partial charge on any atom is 0.0190 e. The number of hydrogen-bond donors (Lipinski definition) is 2. The second kappa shape index (κ2) is 3.97. The lowest BCUT2D eigenvalue weighted by atomic mass is 9.69. The molecule has 1 unspecified atom stereocenters. The van der Waals surface area contributed by atoms with Crippen molar-refractivity contribution in [2.24, 2.45) is 11.1 Å². The third-order valence-electron chi connectivity index (χ3n) is 3.99. The normalized spacial score (nSPS) is 33.5. The van der Waals surface area contributed by atoms with E-state index in [1.807, 2.05) is 0 Å². The first-order chi connectivity index (χ1) is 6.35. The zero-order valence-corrected chi connectivity index (χ0v) is 8.52. The standard InChI is InChI=1S/C11H22N2/c12-8-10-4-7-11(9-13-10)5-2-1-3-6-11/h10,13H,1-9,12H2. The van der Waals surface area contributed by atoms with Crippen LogP contribution < -0.4 is 11.1 Å². The van der Waals surface area contributed by atoms with Crippen molar-refractivity contribution in [3.8, 4) is 0 Å². The summed E-state index contributed by atoms with van der Waals surface area (Å²) in [6.07, 6.45) is 10.00. The Morgan fingerprint density at radius 1 is 1.15 bits per heavy atom. The fourth-order valence-corrected chi connectivity index (χ4v) is 2.96. The van der Waals surface area contributed by atoms with Gasteiger partial charge in [0.2, 0.25) is 0 Å². The fraction of sp³-hybridized carbons (Fsp3) is 1.00. The van der Waals surface area contributed by atoms with Gasteiger partial charge in [0.15, 0.2) is 0 Å². The zero-order valence-electron chi connectivity index (χ0n) is 8.52. The summed E-state index contributed by atoms with van der Waals surface area (Å²) in [4.78, 5) is 0. The summed E-state index contributed by atoms with van der Waals surface area (Å²) in [5.74, 6) is 0. The first kappa shape index (κ1) is 9.47. The highest BCUT2D eigenvalue weighted by molar-refractivity contribution is 4.91. The minimum absolute atomic E-state index is 0.604. The van der Waals surface area contributed by atoms with Gasteiger partial charge in [0.1, 0.15) is 0 Å². The van der Waals surface area contributed by atoms with Gasteiger partial charge in [-0.3, -0.25) is 0 Å². The van der Waals surface area contributed by atoms with E-state index in [1.165, 1.54) is 51.5 Å². The Labute approximate surface area is 81.3 Å². The molecule has 0 radical (unpaired) electrons. The SMILES string of the molecule is NCC1CCC2(CCCCC2)CN1. The molecule has 2 rings (SSSR count). The minimum atomic E-state index is 0.604. The lowest BCUT2D eigenvalue weighted by Gasteiger charge is -2.43. The van der Waals surface area contributed by atoms with E-state index in [9.17, 15) is 0 Å². The molecule has 2 nitrogen and oxygen atoms in total. The van der Waals surface area contributed by atoms with Gasteiger partial charge in [0.25, 0.3) is 0 Å². The van der Waals surface area contributed by atoms with Gasteiger partial charge in [-0.25, -0.2) is 0 Å². The second-order valence-electron chi connectivity index (χ2n) is 4.91. The van der Waals surface area contributed by atoms with E-state index < -0.39 is 0 Å². The van der Waals surface area contributed by atoms with Crippen molar-refractivity contribution in [2.75, 3.05) is 13.1 Å². The van der Waals surface area contributed by atoms with Crippen LogP contribution in [0.4, 0.5) is 0 Å². The lowest BCUT2D eigenvalue weighted by Crippen LogP contribution is -2.49. The highest BCUT2D eigenvalue weighted by Crippen LogP contribution is 2.41. The molecule has 0 aromatic rings. The van der Waals surface area contributed by atoms with Crippen LogP contribution >= 0.6 is 0 Å². The molecule has 2 heteroatoms. The van der Waals surface area contributed by atoms with Gasteiger partial charge in [-0.2, -0.15) is 0 Å². The molecule has 1 saturated carbocycles. The van der Waals surface area contributed by atoms with Crippen molar-refractivity contribution in [2.45, 2.75) is 51.0 Å². The van der Waals surface area contributed by atoms with Crippen molar-refractivity contribution >= 4 is 0 Å². The van der Waals surface area contributed by atoms with E-state index in [2.05, 4.69) is 5.32 Å². The molecule has 1 saturated heterocycles. The summed E-state index contributed by atoms with van der Waals surface area (Å²) < 4.78 is 0. The van der Waals surface area contributed by atoms with Gasteiger partial charge >= 0.3 is 0 Å². The summed E-state index contributed by atoms with van der Waals surface area (Å²) >= 11 is 0. The van der Waals surface area contributed by atoms with Gasteiger partial charge in [-0.05, 0) is 31.1 Å². The van der Waals surface area contributed by atoms with E-state index in [0.29, 0.717) is 11.5 Å². The molecular formula is C11H22N2. The Morgan fingerprint density at radius 2 is 1.92 bits per heavy atom. The number of nitrogens with one attached hydrogen (secondary N) is 1. The molecule has 0 aromatic carbocycles. The van der Waals surface area contributed by atoms with Gasteiger partial charge in [0.05, 0.1) is 0 Å². The van der Waals surface area contributed by atoms with Crippen LogP contribution in [-0.2, 0) is 0 Å². The summed E-state index contributed by atoms with van der Waals surface area (Å²) in [7, 11) is 0. The number of rotatable bonds is 1. The van der Waals surface area contributed by atoms with Crippen LogP contribution in [0.2, 0.25) is 0 Å². The molecule has 2 aliphatic rings. The van der Waals surface area contributed by atoms with Crippen LogP contribution in [0, 0.1) is 5.41 Å². The number of nitrogens with two attached hydrogens (primary N) is 1. The lowest BCUT2D eigenvalue weighted by molar-refractivity contribution is 0.121. The highest BCUT2D eigenvalue weighted by Gasteiger charge is 2.35. The third-order valence-corrected chi connectivity index (χ3v) is 3.99. The van der Waals surface area contributed by atoms with Crippen LogP contribution in [0.15, 0.2) is 0 Å². The average molecular weight is 182 g/mol. The van der Waals surface area contributed by atoms with Crippen LogP contribution in [0.3, 0.4) is 0 Å². The molecule has 1 heterocycles. The molecule has 1 spiro atoms. The Morgan fingerprint density at radius 3 is 2.46 bits per heavy atom. The smallest absolute Gasteiger partial charge is 0.0190 e. The van der Waals surface area contributed by atoms with Gasteiger partial charge in [0, 0.05) is 19.1 Å². The van der Waals surface area contributed by atoms with E-state index in [-0.39, 0.29) is 0 Å². The Balaban J connectivity index is 1.87. The fourth-order valence-electron chi connectivity index (χ4n) is 2.96. The topological polar surface area (TPSA) is 38.0 Å². The molecule has 13 heavy (non-hydrogen) atoms. The summed E-state index contributed by atoms with van der Waals surface area (Å²) in [6, 6.07) is 0.604. The molecule has 0 aromatic heterocycles. The molecule has 3 N–H and O–H groups in total. The Kier molecular flexibility index (Phi) is 2.89. The van der Waals surface area contributed by atoms with Gasteiger partial charge in [-0.1, -0.05) is 19.3 Å². The molecule has 0 bridgehead atoms. The molecule has 1 aliphatic carbocycles. The molecule has 0 amide bonds. The van der Waals surface area contributed by atoms with Crippen LogP contribution in [0.1, 0.15) is 44.9 Å². The highest BCUT2D eigenvalue weighted by atomic mass is 15.0. The molecule has 1 atom stereocenters. The quantitative estimate of drug-likeness (QED) is 0.647. The first-order valence-electron chi connectivity index (χ1n) is 5.78. The molecule has 76 valence electrons. The van der Waals surface area contributed by atoms with E-state index in [4.69, 9.17) is 5.73 Å². The minimum Gasteiger partial charge on any atom is -0.329 e. The zero-order chi connectivity index (χ0) is 9.15. The maximum absolute atomic E-state index is 5.66. The number of piperidine rings is 1. The maximum atomic E-state index is 5.66. The predicted molar refractivity (Wildman–Crippen MR) is 55.6 cm³/mol. The van der Waals surface area contributed by atoms with Crippen molar-refractivity contribution in [1.29, 1.82) is 0 Å². The van der Waals surface area contributed by atoms with Crippen LogP contribution in [-0.4, -0.2) is 19.1 Å². The van der Waals surface area contributed by atoms with Gasteiger partial charge < -0.3 is 11.1 Å². The van der Waals surface area contributed by atoms with Crippen LogP contribution in [0.5, 0.6) is 0 Å². The van der Waals surface area contributed by atoms with Crippen molar-refractivity contribution in [3.05, 3.63) is 0 Å². The first-order valence-corrected chi connectivity index (χ1v) is 5.78. The van der Waals surface area contributed by atoms with Crippen molar-refractivity contribution < 1.29 is 0 Å². The van der Waals surface area contributed by atoms with E-state index >= 15 is 0 Å². The summed E-state index contributed by atoms with van der Waals surface area (Å²) in [5.41, 5.74) is 6.33. The average Bonchev–Trinajstić information content (AvgIpc) is 2.20. The van der Waals surface area contributed by atoms with Crippen LogP contribution in [0.25, 0.3) is 0 Å². The molecular weight excluding hydrogens is 160 g/mol. The van der Waals surface area contributed by atoms with Crippen molar-refractivity contribution in [3.63, 3.8) is 0 Å². The molecule has 2 fully saturated rings. The summed E-state index contributed by atoms with van der Waals surface area (Å²) in [5, 5.41) is 3.60.